The lowest BCUT2D eigenvalue weighted by Crippen LogP contribution is -1.99. The van der Waals surface area contributed by atoms with E-state index in [4.69, 9.17) is 4.74 Å². The van der Waals surface area contributed by atoms with Crippen LogP contribution in [0.25, 0.3) is 0 Å². The smallest absolute Gasteiger partial charge is 0.307 e. The van der Waals surface area contributed by atoms with E-state index < -0.39 is 0 Å². The molecule has 0 aromatic carbocycles. The minimum absolute atomic E-state index is 0.236. The third-order valence-corrected chi connectivity index (χ3v) is 1.63. The Balaban J connectivity index is 3.31. The first kappa shape index (κ1) is 14.4. The Bertz CT molecular complexity index is 266. The molecule has 0 saturated heterocycles. The number of carbonyl (C=O) groups is 2. The van der Waals surface area contributed by atoms with Crippen molar-refractivity contribution in [3.63, 3.8) is 0 Å². The minimum atomic E-state index is -0.328. The van der Waals surface area contributed by atoms with Gasteiger partial charge in [-0.3, -0.25) is 9.59 Å². The van der Waals surface area contributed by atoms with Crippen molar-refractivity contribution in [2.24, 2.45) is 0 Å². The molecule has 0 heterocycles. The monoisotopic (exact) mass is 226 g/mol. The van der Waals surface area contributed by atoms with Crippen LogP contribution in [0.5, 0.6) is 0 Å². The first-order valence-electron chi connectivity index (χ1n) is 5.25. The van der Waals surface area contributed by atoms with Crippen molar-refractivity contribution >= 4 is 11.9 Å². The molecule has 0 aromatic heterocycles. The largest absolute Gasteiger partial charge is 0.466 e. The quantitative estimate of drug-likeness (QED) is 0.289. The third kappa shape index (κ3) is 12.4. The van der Waals surface area contributed by atoms with Gasteiger partial charge in [-0.1, -0.05) is 12.2 Å². The fourth-order valence-corrected chi connectivity index (χ4v) is 0.935. The summed E-state index contributed by atoms with van der Waals surface area (Å²) in [5.74, 6) is -0.564. The highest BCUT2D eigenvalue weighted by Crippen LogP contribution is 1.97. The Morgan fingerprint density at radius 2 is 1.81 bits per heavy atom. The topological polar surface area (TPSA) is 52.6 Å². The van der Waals surface area contributed by atoms with E-state index >= 15 is 0 Å². The van der Waals surface area contributed by atoms with Gasteiger partial charge in [0.25, 0.3) is 0 Å². The first-order valence-corrected chi connectivity index (χ1v) is 5.25. The molecule has 0 atom stereocenters. The van der Waals surface area contributed by atoms with Crippen molar-refractivity contribution in [3.8, 4) is 0 Å². The van der Waals surface area contributed by atoms with E-state index in [0.717, 1.165) is 19.3 Å². The molecule has 4 heteroatoms. The average molecular weight is 226 g/mol. The molecule has 0 aliphatic rings. The predicted molar refractivity (Wildman–Crippen MR) is 60.5 cm³/mol. The van der Waals surface area contributed by atoms with Crippen molar-refractivity contribution in [2.75, 3.05) is 6.61 Å². The van der Waals surface area contributed by atoms with Gasteiger partial charge in [-0.25, -0.2) is 0 Å². The number of unbranched alkanes of at least 4 members (excludes halogenated alkanes) is 2. The van der Waals surface area contributed by atoms with Crippen LogP contribution in [0.4, 0.5) is 0 Å². The fraction of sp³-hybridized carbons (Fsp3) is 0.500. The van der Waals surface area contributed by atoms with Crippen LogP contribution in [0.1, 0.15) is 33.1 Å². The highest BCUT2D eigenvalue weighted by Gasteiger charge is 1.91. The van der Waals surface area contributed by atoms with Gasteiger partial charge < -0.3 is 9.47 Å². The van der Waals surface area contributed by atoms with E-state index in [0.29, 0.717) is 6.61 Å². The van der Waals surface area contributed by atoms with Gasteiger partial charge in [-0.15, -0.1) is 0 Å². The van der Waals surface area contributed by atoms with Crippen LogP contribution in [-0.4, -0.2) is 18.5 Å². The molecule has 0 radical (unpaired) electrons. The molecule has 0 N–H and O–H groups in total. The maximum absolute atomic E-state index is 10.4. The molecule has 0 saturated carbocycles. The molecule has 4 nitrogen and oxygen atoms in total. The lowest BCUT2D eigenvalue weighted by atomic mass is 10.2. The molecule has 0 bridgehead atoms. The fourth-order valence-electron chi connectivity index (χ4n) is 0.935. The van der Waals surface area contributed by atoms with Crippen molar-refractivity contribution in [1.82, 2.24) is 0 Å². The number of allylic oxidation sites excluding steroid dienone is 3. The van der Waals surface area contributed by atoms with E-state index in [9.17, 15) is 9.59 Å². The second-order valence-electron chi connectivity index (χ2n) is 3.20. The van der Waals surface area contributed by atoms with Gasteiger partial charge in [-0.2, -0.15) is 0 Å². The summed E-state index contributed by atoms with van der Waals surface area (Å²) in [6.07, 6.45) is 9.52. The van der Waals surface area contributed by atoms with Gasteiger partial charge in [0, 0.05) is 13.8 Å². The molecule has 0 amide bonds. The zero-order valence-electron chi connectivity index (χ0n) is 9.77. The van der Waals surface area contributed by atoms with Crippen LogP contribution in [0.15, 0.2) is 24.5 Å². The van der Waals surface area contributed by atoms with Crippen LogP contribution in [-0.2, 0) is 19.1 Å². The highest BCUT2D eigenvalue weighted by atomic mass is 16.5. The van der Waals surface area contributed by atoms with E-state index in [1.807, 2.05) is 12.2 Å². The number of hydrogen-bond donors (Lipinski definition) is 0. The van der Waals surface area contributed by atoms with Gasteiger partial charge >= 0.3 is 11.9 Å². The summed E-state index contributed by atoms with van der Waals surface area (Å²) in [5.41, 5.74) is 0. The first-order chi connectivity index (χ1) is 7.63. The predicted octanol–water partition coefficient (Wildman–Crippen LogP) is 2.35. The van der Waals surface area contributed by atoms with Crippen LogP contribution in [0, 0.1) is 0 Å². The van der Waals surface area contributed by atoms with Crippen LogP contribution < -0.4 is 0 Å². The Morgan fingerprint density at radius 3 is 2.44 bits per heavy atom. The molecule has 90 valence electrons. The van der Waals surface area contributed by atoms with Crippen molar-refractivity contribution < 1.29 is 19.1 Å². The second kappa shape index (κ2) is 9.96. The van der Waals surface area contributed by atoms with Crippen LogP contribution in [0.3, 0.4) is 0 Å². The molecule has 0 rings (SSSR count). The minimum Gasteiger partial charge on any atom is -0.466 e. The molecule has 0 aliphatic carbocycles. The van der Waals surface area contributed by atoms with Crippen molar-refractivity contribution in [3.05, 3.63) is 24.5 Å². The second-order valence-corrected chi connectivity index (χ2v) is 3.20. The van der Waals surface area contributed by atoms with Gasteiger partial charge in [0.15, 0.2) is 0 Å². The van der Waals surface area contributed by atoms with E-state index in [-0.39, 0.29) is 11.9 Å². The number of hydrogen-bond acceptors (Lipinski definition) is 4. The van der Waals surface area contributed by atoms with Crippen LogP contribution >= 0.6 is 0 Å². The zero-order valence-corrected chi connectivity index (χ0v) is 9.77. The lowest BCUT2D eigenvalue weighted by molar-refractivity contribution is -0.141. The molecule has 0 unspecified atom stereocenters. The summed E-state index contributed by atoms with van der Waals surface area (Å²) < 4.78 is 9.36. The summed E-state index contributed by atoms with van der Waals surface area (Å²) in [6, 6.07) is 0. The number of ether oxygens (including phenoxy) is 2. The van der Waals surface area contributed by atoms with Gasteiger partial charge in [0.1, 0.15) is 0 Å². The number of carbonyl (C=O) groups excluding carboxylic acids is 2. The maximum Gasteiger partial charge on any atom is 0.307 e. The Hall–Kier alpha value is -1.58. The Labute approximate surface area is 95.9 Å². The van der Waals surface area contributed by atoms with E-state index in [1.165, 1.54) is 20.1 Å². The number of rotatable bonds is 7. The van der Waals surface area contributed by atoms with Crippen molar-refractivity contribution in [1.29, 1.82) is 0 Å². The van der Waals surface area contributed by atoms with Crippen molar-refractivity contribution in [2.45, 2.75) is 33.1 Å². The van der Waals surface area contributed by atoms with Crippen LogP contribution in [0.2, 0.25) is 0 Å². The lowest BCUT2D eigenvalue weighted by Gasteiger charge is -1.98. The molecule has 0 aliphatic heterocycles. The molecular weight excluding hydrogens is 208 g/mol. The summed E-state index contributed by atoms with van der Waals surface area (Å²) in [4.78, 5) is 20.8. The van der Waals surface area contributed by atoms with Gasteiger partial charge in [0.05, 0.1) is 12.9 Å². The summed E-state index contributed by atoms with van der Waals surface area (Å²) in [6.45, 7) is 3.23. The molecule has 0 spiro atoms. The van der Waals surface area contributed by atoms with E-state index in [1.54, 1.807) is 6.08 Å². The standard InChI is InChI=1S/C12H18O4/c1-11(13)15-9-7-5-3-4-6-8-10-16-12(2)14/h3,5,7,9H,4,6,8,10H2,1-2H3. The van der Waals surface area contributed by atoms with Gasteiger partial charge in [0.2, 0.25) is 0 Å². The Morgan fingerprint density at radius 1 is 1.06 bits per heavy atom. The number of esters is 2. The molecule has 16 heavy (non-hydrogen) atoms. The third-order valence-electron chi connectivity index (χ3n) is 1.63. The SMILES string of the molecule is CC(=O)OC=CC=CCCCCOC(C)=O. The molecular formula is C12H18O4. The van der Waals surface area contributed by atoms with Gasteiger partial charge in [-0.05, 0) is 25.3 Å². The Kier molecular flexibility index (Phi) is 8.97. The zero-order chi connectivity index (χ0) is 12.2. The summed E-state index contributed by atoms with van der Waals surface area (Å²) >= 11 is 0. The molecule has 0 fully saturated rings. The van der Waals surface area contributed by atoms with E-state index in [2.05, 4.69) is 4.74 Å². The summed E-state index contributed by atoms with van der Waals surface area (Å²) in [5, 5.41) is 0. The highest BCUT2D eigenvalue weighted by molar-refractivity contribution is 5.66. The summed E-state index contributed by atoms with van der Waals surface area (Å²) in [7, 11) is 0. The normalized spacial score (nSPS) is 10.9. The molecule has 0 aromatic rings. The maximum atomic E-state index is 10.4. The average Bonchev–Trinajstić information content (AvgIpc) is 2.20.